The summed E-state index contributed by atoms with van der Waals surface area (Å²) >= 11 is 8.54. The number of methoxy groups -OCH3 is 1. The van der Waals surface area contributed by atoms with Gasteiger partial charge in [0, 0.05) is 5.56 Å². The van der Waals surface area contributed by atoms with Crippen molar-refractivity contribution in [2.24, 2.45) is 0 Å². The highest BCUT2D eigenvalue weighted by atomic mass is 79.9. The molecule has 0 radical (unpaired) electrons. The molecule has 21 heavy (non-hydrogen) atoms. The van der Waals surface area contributed by atoms with Crippen LogP contribution >= 0.6 is 28.1 Å². The third kappa shape index (κ3) is 4.03. The third-order valence-electron chi connectivity index (χ3n) is 2.68. The van der Waals surface area contributed by atoms with Crippen molar-refractivity contribution in [1.82, 2.24) is 5.32 Å². The molecular formula is C15H13BrN2O2S. The van der Waals surface area contributed by atoms with E-state index < -0.39 is 0 Å². The zero-order valence-corrected chi connectivity index (χ0v) is 13.6. The Labute approximate surface area is 136 Å². The molecule has 0 aromatic heterocycles. The van der Waals surface area contributed by atoms with E-state index in [1.54, 1.807) is 31.4 Å². The van der Waals surface area contributed by atoms with Crippen LogP contribution in [0, 0.1) is 0 Å². The number of nitrogens with one attached hydrogen (secondary N) is 2. The number of hydrogen-bond donors (Lipinski definition) is 2. The Balaban J connectivity index is 2.06. The Morgan fingerprint density at radius 1 is 1.14 bits per heavy atom. The maximum absolute atomic E-state index is 12.0. The van der Waals surface area contributed by atoms with Gasteiger partial charge in [-0.05, 0) is 52.4 Å². The van der Waals surface area contributed by atoms with E-state index in [1.165, 1.54) is 0 Å². The van der Waals surface area contributed by atoms with Crippen LogP contribution in [-0.4, -0.2) is 18.1 Å². The van der Waals surface area contributed by atoms with Crippen LogP contribution in [0.3, 0.4) is 0 Å². The van der Waals surface area contributed by atoms with Gasteiger partial charge in [-0.15, -0.1) is 0 Å². The number of benzene rings is 2. The van der Waals surface area contributed by atoms with Crippen LogP contribution in [-0.2, 0) is 0 Å². The fourth-order valence-corrected chi connectivity index (χ4v) is 2.46. The monoisotopic (exact) mass is 364 g/mol. The number of carbonyl (C=O) groups excluding carboxylic acids is 1. The van der Waals surface area contributed by atoms with Crippen molar-refractivity contribution in [3.05, 3.63) is 58.6 Å². The first kappa shape index (κ1) is 15.5. The summed E-state index contributed by atoms with van der Waals surface area (Å²) in [6.07, 6.45) is 0. The Kier molecular flexibility index (Phi) is 5.30. The van der Waals surface area contributed by atoms with Gasteiger partial charge >= 0.3 is 0 Å². The third-order valence-corrected chi connectivity index (χ3v) is 3.51. The van der Waals surface area contributed by atoms with E-state index in [-0.39, 0.29) is 11.0 Å². The van der Waals surface area contributed by atoms with Gasteiger partial charge in [0.2, 0.25) is 0 Å². The van der Waals surface area contributed by atoms with Gasteiger partial charge in [0.15, 0.2) is 10.9 Å². The number of rotatable bonds is 3. The maximum Gasteiger partial charge on any atom is 0.257 e. The van der Waals surface area contributed by atoms with Crippen LogP contribution in [0.15, 0.2) is 53.0 Å². The molecule has 0 unspecified atom stereocenters. The zero-order chi connectivity index (χ0) is 15.2. The summed E-state index contributed by atoms with van der Waals surface area (Å²) in [5.41, 5.74) is 1.22. The molecule has 0 saturated carbocycles. The second-order valence-electron chi connectivity index (χ2n) is 4.09. The predicted molar refractivity (Wildman–Crippen MR) is 90.8 cm³/mol. The molecule has 2 N–H and O–H groups in total. The second-order valence-corrected chi connectivity index (χ2v) is 5.36. The molecule has 0 aliphatic heterocycles. The van der Waals surface area contributed by atoms with E-state index in [0.717, 1.165) is 4.47 Å². The largest absolute Gasteiger partial charge is 0.493 e. The summed E-state index contributed by atoms with van der Waals surface area (Å²) < 4.78 is 6.08. The van der Waals surface area contributed by atoms with Gasteiger partial charge in [-0.1, -0.05) is 24.3 Å². The van der Waals surface area contributed by atoms with Gasteiger partial charge in [0.05, 0.1) is 17.3 Å². The Morgan fingerprint density at radius 2 is 1.86 bits per heavy atom. The van der Waals surface area contributed by atoms with Crippen molar-refractivity contribution in [3.8, 4) is 5.75 Å². The minimum atomic E-state index is -0.262. The molecule has 6 heteroatoms. The minimum absolute atomic E-state index is 0.209. The Bertz CT molecular complexity index is 662. The molecular weight excluding hydrogens is 352 g/mol. The molecule has 2 aromatic carbocycles. The number of halogens is 1. The molecule has 2 rings (SSSR count). The summed E-state index contributed by atoms with van der Waals surface area (Å²) in [6, 6.07) is 14.4. The topological polar surface area (TPSA) is 50.4 Å². The molecule has 4 nitrogen and oxygen atoms in total. The van der Waals surface area contributed by atoms with Crippen molar-refractivity contribution in [3.63, 3.8) is 0 Å². The van der Waals surface area contributed by atoms with Gasteiger partial charge in [0.1, 0.15) is 0 Å². The number of thiocarbonyl (C=S) groups is 1. The van der Waals surface area contributed by atoms with E-state index in [2.05, 4.69) is 26.6 Å². The first-order valence-electron chi connectivity index (χ1n) is 6.11. The predicted octanol–water partition coefficient (Wildman–Crippen LogP) is 3.58. The number of amides is 1. The highest BCUT2D eigenvalue weighted by Gasteiger charge is 2.11. The van der Waals surface area contributed by atoms with E-state index >= 15 is 0 Å². The molecule has 108 valence electrons. The Hall–Kier alpha value is -1.92. The molecule has 0 spiro atoms. The highest BCUT2D eigenvalue weighted by molar-refractivity contribution is 9.10. The molecule has 0 atom stereocenters. The van der Waals surface area contributed by atoms with Gasteiger partial charge in [-0.3, -0.25) is 10.1 Å². The zero-order valence-electron chi connectivity index (χ0n) is 11.2. The number of para-hydroxylation sites is 1. The lowest BCUT2D eigenvalue weighted by atomic mass is 10.2. The summed E-state index contributed by atoms with van der Waals surface area (Å²) in [5, 5.41) is 5.78. The lowest BCUT2D eigenvalue weighted by Gasteiger charge is -2.13. The quantitative estimate of drug-likeness (QED) is 0.817. The van der Waals surface area contributed by atoms with E-state index in [4.69, 9.17) is 17.0 Å². The molecule has 0 heterocycles. The van der Waals surface area contributed by atoms with E-state index in [1.807, 2.05) is 24.3 Å². The summed E-state index contributed by atoms with van der Waals surface area (Å²) in [5.74, 6) is 0.357. The van der Waals surface area contributed by atoms with E-state index in [9.17, 15) is 4.79 Å². The van der Waals surface area contributed by atoms with Crippen molar-refractivity contribution < 1.29 is 9.53 Å². The number of hydrogen-bond acceptors (Lipinski definition) is 3. The van der Waals surface area contributed by atoms with Crippen molar-refractivity contribution in [2.75, 3.05) is 12.4 Å². The SMILES string of the molecule is COc1c(Br)cccc1NC(=S)NC(=O)c1ccccc1. The summed E-state index contributed by atoms with van der Waals surface area (Å²) in [6.45, 7) is 0. The Morgan fingerprint density at radius 3 is 2.52 bits per heavy atom. The van der Waals surface area contributed by atoms with Gasteiger partial charge in [-0.25, -0.2) is 0 Å². The molecule has 0 saturated heterocycles. The summed E-state index contributed by atoms with van der Waals surface area (Å²) in [7, 11) is 1.57. The van der Waals surface area contributed by atoms with Crippen molar-refractivity contribution in [1.29, 1.82) is 0 Å². The minimum Gasteiger partial charge on any atom is -0.493 e. The van der Waals surface area contributed by atoms with Crippen LogP contribution in [0.25, 0.3) is 0 Å². The molecule has 1 amide bonds. The lowest BCUT2D eigenvalue weighted by molar-refractivity contribution is 0.0977. The molecule has 0 aliphatic rings. The standard InChI is InChI=1S/C15H13BrN2O2S/c1-20-13-11(16)8-5-9-12(13)17-15(21)18-14(19)10-6-3-2-4-7-10/h2-9H,1H3,(H2,17,18,19,21). The average molecular weight is 365 g/mol. The number of ether oxygens (including phenoxy) is 1. The average Bonchev–Trinajstić information content (AvgIpc) is 2.48. The fourth-order valence-electron chi connectivity index (χ4n) is 1.73. The lowest BCUT2D eigenvalue weighted by Crippen LogP contribution is -2.34. The summed E-state index contributed by atoms with van der Waals surface area (Å²) in [4.78, 5) is 12.0. The first-order valence-corrected chi connectivity index (χ1v) is 7.32. The van der Waals surface area contributed by atoms with Crippen molar-refractivity contribution >= 4 is 44.9 Å². The first-order chi connectivity index (χ1) is 10.1. The van der Waals surface area contributed by atoms with Crippen LogP contribution < -0.4 is 15.4 Å². The van der Waals surface area contributed by atoms with Crippen LogP contribution in [0.4, 0.5) is 5.69 Å². The van der Waals surface area contributed by atoms with Crippen molar-refractivity contribution in [2.45, 2.75) is 0 Å². The molecule has 0 aliphatic carbocycles. The van der Waals surface area contributed by atoms with Gasteiger partial charge in [-0.2, -0.15) is 0 Å². The highest BCUT2D eigenvalue weighted by Crippen LogP contribution is 2.32. The van der Waals surface area contributed by atoms with Gasteiger partial charge < -0.3 is 10.1 Å². The molecule has 0 bridgehead atoms. The van der Waals surface area contributed by atoms with Gasteiger partial charge in [0.25, 0.3) is 5.91 Å². The van der Waals surface area contributed by atoms with E-state index in [0.29, 0.717) is 17.0 Å². The van der Waals surface area contributed by atoms with Crippen LogP contribution in [0.1, 0.15) is 10.4 Å². The molecule has 0 fully saturated rings. The maximum atomic E-state index is 12.0. The molecule has 2 aromatic rings. The second kappa shape index (κ2) is 7.19. The smallest absolute Gasteiger partial charge is 0.257 e. The number of anilines is 1. The normalized spacial score (nSPS) is 9.81. The van der Waals surface area contributed by atoms with Crippen LogP contribution in [0.5, 0.6) is 5.75 Å². The fraction of sp³-hybridized carbons (Fsp3) is 0.0667. The van der Waals surface area contributed by atoms with Crippen LogP contribution in [0.2, 0.25) is 0 Å². The number of carbonyl (C=O) groups is 1.